The number of halogens is 2. The summed E-state index contributed by atoms with van der Waals surface area (Å²) in [6, 6.07) is 13.2. The van der Waals surface area contributed by atoms with Crippen molar-refractivity contribution in [2.45, 2.75) is 44.6 Å². The van der Waals surface area contributed by atoms with Gasteiger partial charge in [-0.25, -0.2) is 17.5 Å². The summed E-state index contributed by atoms with van der Waals surface area (Å²) in [7, 11) is -1.28. The Balaban J connectivity index is 0.00000341. The van der Waals surface area contributed by atoms with Crippen LogP contribution in [0.5, 0.6) is 5.75 Å². The molecule has 0 amide bonds. The predicted octanol–water partition coefficient (Wildman–Crippen LogP) is 3.82. The smallest absolute Gasteiger partial charge is 0.211 e. The van der Waals surface area contributed by atoms with E-state index in [9.17, 15) is 12.8 Å². The number of fused-ring (bicyclic) bond motifs is 1. The minimum atomic E-state index is -3.23. The van der Waals surface area contributed by atoms with Crippen molar-refractivity contribution in [3.63, 3.8) is 0 Å². The number of hydrogen-bond acceptors (Lipinski definition) is 4. The van der Waals surface area contributed by atoms with Crippen LogP contribution in [-0.4, -0.2) is 40.4 Å². The molecular weight excluding hydrogens is 439 g/mol. The third kappa shape index (κ3) is 6.91. The molecular formula is C23H32ClFN2O3S. The molecule has 2 atom stereocenters. The van der Waals surface area contributed by atoms with Crippen molar-refractivity contribution >= 4 is 22.4 Å². The molecule has 2 aromatic carbocycles. The number of sulfonamides is 1. The molecule has 0 spiro atoms. The second-order valence-corrected chi connectivity index (χ2v) is 9.68. The van der Waals surface area contributed by atoms with E-state index in [2.05, 4.69) is 16.1 Å². The summed E-state index contributed by atoms with van der Waals surface area (Å²) in [5.74, 6) is 0.793. The molecule has 5 nitrogen and oxygen atoms in total. The van der Waals surface area contributed by atoms with Crippen LogP contribution in [0.2, 0.25) is 0 Å². The van der Waals surface area contributed by atoms with E-state index in [1.54, 1.807) is 6.07 Å². The fourth-order valence-corrected chi connectivity index (χ4v) is 5.25. The monoisotopic (exact) mass is 470 g/mol. The molecule has 0 radical (unpaired) electrons. The molecule has 0 aromatic heterocycles. The summed E-state index contributed by atoms with van der Waals surface area (Å²) in [4.78, 5) is 0. The summed E-state index contributed by atoms with van der Waals surface area (Å²) in [5, 5.41) is 3.39. The van der Waals surface area contributed by atoms with Gasteiger partial charge in [-0.2, -0.15) is 0 Å². The zero-order valence-electron chi connectivity index (χ0n) is 18.1. The number of benzene rings is 2. The normalized spacial score (nSPS) is 18.2. The van der Waals surface area contributed by atoms with Crippen molar-refractivity contribution in [3.8, 4) is 5.75 Å². The molecule has 172 valence electrons. The minimum absolute atomic E-state index is 0. The Morgan fingerprint density at radius 2 is 1.97 bits per heavy atom. The highest BCUT2D eigenvalue weighted by atomic mass is 35.5. The van der Waals surface area contributed by atoms with Gasteiger partial charge in [-0.3, -0.25) is 0 Å². The van der Waals surface area contributed by atoms with E-state index in [4.69, 9.17) is 4.74 Å². The van der Waals surface area contributed by atoms with E-state index < -0.39 is 10.0 Å². The van der Waals surface area contributed by atoms with Crippen molar-refractivity contribution in [2.24, 2.45) is 0 Å². The summed E-state index contributed by atoms with van der Waals surface area (Å²) in [6.45, 7) is 2.32. The number of hydrogen-bond donors (Lipinski definition) is 2. The average Bonchev–Trinajstić information content (AvgIpc) is 2.73. The van der Waals surface area contributed by atoms with E-state index in [1.165, 1.54) is 17.2 Å². The van der Waals surface area contributed by atoms with Crippen molar-refractivity contribution in [1.29, 1.82) is 0 Å². The lowest BCUT2D eigenvalue weighted by Gasteiger charge is -2.34. The molecule has 2 unspecified atom stereocenters. The molecule has 0 saturated heterocycles. The van der Waals surface area contributed by atoms with Gasteiger partial charge in [-0.1, -0.05) is 31.2 Å². The maximum absolute atomic E-state index is 14.3. The SMILES string of the molecule is CCCS(=O)(=O)NCCOc1ccc2c(c1)C(Cc1ccccc1F)C(NC)CC2.Cl. The van der Waals surface area contributed by atoms with Crippen LogP contribution in [0.25, 0.3) is 0 Å². The van der Waals surface area contributed by atoms with Crippen molar-refractivity contribution in [2.75, 3.05) is 26.0 Å². The number of rotatable bonds is 10. The van der Waals surface area contributed by atoms with Gasteiger partial charge in [-0.05, 0) is 67.6 Å². The molecule has 8 heteroatoms. The molecule has 2 aromatic rings. The van der Waals surface area contributed by atoms with Crippen LogP contribution in [0.1, 0.15) is 42.4 Å². The molecule has 0 heterocycles. The molecule has 31 heavy (non-hydrogen) atoms. The first-order chi connectivity index (χ1) is 14.4. The van der Waals surface area contributed by atoms with E-state index in [0.717, 1.165) is 12.8 Å². The molecule has 0 aliphatic heterocycles. The van der Waals surface area contributed by atoms with Crippen LogP contribution in [0.4, 0.5) is 4.39 Å². The van der Waals surface area contributed by atoms with E-state index in [-0.39, 0.29) is 49.1 Å². The molecule has 0 bridgehead atoms. The van der Waals surface area contributed by atoms with Crippen LogP contribution >= 0.6 is 12.4 Å². The molecule has 1 aliphatic rings. The summed E-state index contributed by atoms with van der Waals surface area (Å²) in [5.41, 5.74) is 3.15. The van der Waals surface area contributed by atoms with Gasteiger partial charge in [0.05, 0.1) is 5.75 Å². The van der Waals surface area contributed by atoms with Gasteiger partial charge >= 0.3 is 0 Å². The lowest BCUT2D eigenvalue weighted by atomic mass is 9.76. The van der Waals surface area contributed by atoms with Gasteiger partial charge in [0.2, 0.25) is 10.0 Å². The summed E-state index contributed by atoms with van der Waals surface area (Å²) >= 11 is 0. The number of aryl methyl sites for hydroxylation is 1. The van der Waals surface area contributed by atoms with E-state index >= 15 is 0 Å². The summed E-state index contributed by atoms with van der Waals surface area (Å²) in [6.07, 6.45) is 3.16. The van der Waals surface area contributed by atoms with E-state index in [1.807, 2.05) is 38.2 Å². The summed E-state index contributed by atoms with van der Waals surface area (Å²) < 4.78 is 46.1. The maximum Gasteiger partial charge on any atom is 0.211 e. The Kier molecular flexibility index (Phi) is 9.75. The Labute approximate surface area is 191 Å². The van der Waals surface area contributed by atoms with Crippen molar-refractivity contribution in [3.05, 3.63) is 65.0 Å². The van der Waals surface area contributed by atoms with Crippen LogP contribution in [0.15, 0.2) is 42.5 Å². The quantitative estimate of drug-likeness (QED) is 0.518. The van der Waals surface area contributed by atoms with Crippen LogP contribution in [-0.2, 0) is 22.9 Å². The van der Waals surface area contributed by atoms with Gasteiger partial charge in [0.1, 0.15) is 18.2 Å². The molecule has 3 rings (SSSR count). The largest absolute Gasteiger partial charge is 0.492 e. The van der Waals surface area contributed by atoms with Gasteiger partial charge in [0.15, 0.2) is 0 Å². The van der Waals surface area contributed by atoms with Crippen LogP contribution in [0.3, 0.4) is 0 Å². The Hall–Kier alpha value is -1.67. The average molecular weight is 471 g/mol. The standard InChI is InChI=1S/C23H31FN2O3S.ClH/c1-3-14-30(27,28)26-12-13-29-19-10-8-17-9-11-23(25-2)21(20(17)16-19)15-18-6-4-5-7-22(18)24;/h4-8,10,16,21,23,25-26H,3,9,11-15H2,1-2H3;1H. The zero-order chi connectivity index (χ0) is 21.6. The topological polar surface area (TPSA) is 67.4 Å². The van der Waals surface area contributed by atoms with Gasteiger partial charge in [0.25, 0.3) is 0 Å². The molecule has 1 aliphatic carbocycles. The van der Waals surface area contributed by atoms with Crippen LogP contribution < -0.4 is 14.8 Å². The van der Waals surface area contributed by atoms with Crippen molar-refractivity contribution < 1.29 is 17.5 Å². The lowest BCUT2D eigenvalue weighted by Crippen LogP contribution is -2.37. The third-order valence-corrected chi connectivity index (χ3v) is 7.25. The third-order valence-electron chi connectivity index (χ3n) is 5.66. The van der Waals surface area contributed by atoms with Gasteiger partial charge in [-0.15, -0.1) is 12.4 Å². The highest BCUT2D eigenvalue weighted by molar-refractivity contribution is 7.89. The fraction of sp³-hybridized carbons (Fsp3) is 0.478. The molecule has 0 saturated carbocycles. The zero-order valence-corrected chi connectivity index (χ0v) is 19.7. The highest BCUT2D eigenvalue weighted by Gasteiger charge is 2.29. The lowest BCUT2D eigenvalue weighted by molar-refractivity contribution is 0.320. The second-order valence-electron chi connectivity index (χ2n) is 7.76. The number of nitrogens with one attached hydrogen (secondary N) is 2. The minimum Gasteiger partial charge on any atom is -0.492 e. The maximum atomic E-state index is 14.3. The van der Waals surface area contributed by atoms with Gasteiger partial charge < -0.3 is 10.1 Å². The first-order valence-electron chi connectivity index (χ1n) is 10.6. The number of likely N-dealkylation sites (N-methyl/N-ethyl adjacent to an activating group) is 1. The number of ether oxygens (including phenoxy) is 1. The highest BCUT2D eigenvalue weighted by Crippen LogP contribution is 2.37. The Bertz CT molecular complexity index is 956. The predicted molar refractivity (Wildman–Crippen MR) is 125 cm³/mol. The first-order valence-corrected chi connectivity index (χ1v) is 12.2. The van der Waals surface area contributed by atoms with Gasteiger partial charge in [0, 0.05) is 18.5 Å². The van der Waals surface area contributed by atoms with Crippen LogP contribution in [0, 0.1) is 5.82 Å². The van der Waals surface area contributed by atoms with E-state index in [0.29, 0.717) is 24.2 Å². The second kappa shape index (κ2) is 11.8. The Morgan fingerprint density at radius 1 is 1.19 bits per heavy atom. The molecule has 2 N–H and O–H groups in total. The van der Waals surface area contributed by atoms with Crippen molar-refractivity contribution in [1.82, 2.24) is 10.0 Å². The fourth-order valence-electron chi connectivity index (χ4n) is 4.17. The first kappa shape index (κ1) is 25.6. The Morgan fingerprint density at radius 3 is 2.68 bits per heavy atom. The molecule has 0 fully saturated rings.